The summed E-state index contributed by atoms with van der Waals surface area (Å²) >= 11 is 0. The van der Waals surface area contributed by atoms with Crippen LogP contribution in [0.5, 0.6) is 0 Å². The first-order valence-corrected chi connectivity index (χ1v) is 8.34. The fourth-order valence-corrected chi connectivity index (χ4v) is 2.19. The monoisotopic (exact) mass is 319 g/mol. The van der Waals surface area contributed by atoms with Crippen molar-refractivity contribution in [1.82, 2.24) is 15.5 Å². The van der Waals surface area contributed by atoms with E-state index in [1.807, 2.05) is 32.3 Å². The van der Waals surface area contributed by atoms with Gasteiger partial charge in [-0.05, 0) is 52.0 Å². The molecule has 0 aliphatic heterocycles. The number of benzene rings is 1. The van der Waals surface area contributed by atoms with E-state index >= 15 is 0 Å². The molecule has 128 valence electrons. The molecule has 0 spiro atoms. The Hall–Kier alpha value is -1.88. The Bertz CT molecular complexity index is 461. The Kier molecular flexibility index (Phi) is 9.71. The number of rotatable bonds is 11. The van der Waals surface area contributed by atoms with Crippen molar-refractivity contribution >= 4 is 11.8 Å². The number of unbranched alkanes of at least 4 members (excludes halogenated alkanes) is 2. The maximum absolute atomic E-state index is 11.8. The molecule has 0 aliphatic rings. The summed E-state index contributed by atoms with van der Waals surface area (Å²) in [5.41, 5.74) is 0.685. The zero-order chi connectivity index (χ0) is 16.9. The fourth-order valence-electron chi connectivity index (χ4n) is 2.19. The quantitative estimate of drug-likeness (QED) is 0.614. The number of nitrogens with one attached hydrogen (secondary N) is 2. The molecule has 0 saturated carbocycles. The summed E-state index contributed by atoms with van der Waals surface area (Å²) in [6.45, 7) is 2.38. The molecule has 1 rings (SSSR count). The lowest BCUT2D eigenvalue weighted by Crippen LogP contribution is -2.27. The van der Waals surface area contributed by atoms with E-state index in [2.05, 4.69) is 15.5 Å². The van der Waals surface area contributed by atoms with Crippen molar-refractivity contribution in [2.24, 2.45) is 0 Å². The summed E-state index contributed by atoms with van der Waals surface area (Å²) in [6.07, 6.45) is 4.24. The van der Waals surface area contributed by atoms with Crippen LogP contribution in [0.3, 0.4) is 0 Å². The van der Waals surface area contributed by atoms with Crippen molar-refractivity contribution < 1.29 is 9.59 Å². The van der Waals surface area contributed by atoms with E-state index in [1.165, 1.54) is 0 Å². The molecule has 0 fully saturated rings. The van der Waals surface area contributed by atoms with E-state index < -0.39 is 0 Å². The van der Waals surface area contributed by atoms with Crippen molar-refractivity contribution in [1.29, 1.82) is 0 Å². The van der Waals surface area contributed by atoms with E-state index in [9.17, 15) is 9.59 Å². The average Bonchev–Trinajstić information content (AvgIpc) is 2.55. The molecule has 0 heterocycles. The van der Waals surface area contributed by atoms with Crippen LogP contribution in [0.2, 0.25) is 0 Å². The van der Waals surface area contributed by atoms with Crippen LogP contribution in [0, 0.1) is 0 Å². The third-order valence-electron chi connectivity index (χ3n) is 3.51. The van der Waals surface area contributed by atoms with E-state index in [0.29, 0.717) is 18.5 Å². The summed E-state index contributed by atoms with van der Waals surface area (Å²) in [4.78, 5) is 25.5. The van der Waals surface area contributed by atoms with Crippen LogP contribution in [0.25, 0.3) is 0 Å². The van der Waals surface area contributed by atoms with Gasteiger partial charge in [-0.3, -0.25) is 9.59 Å². The Morgan fingerprint density at radius 3 is 2.30 bits per heavy atom. The van der Waals surface area contributed by atoms with Crippen LogP contribution < -0.4 is 10.6 Å². The number of carbonyl (C=O) groups is 2. The molecule has 1 aromatic rings. The van der Waals surface area contributed by atoms with Gasteiger partial charge < -0.3 is 15.5 Å². The second-order valence-corrected chi connectivity index (χ2v) is 5.94. The highest BCUT2D eigenvalue weighted by molar-refractivity contribution is 5.94. The lowest BCUT2D eigenvalue weighted by atomic mass is 10.1. The third-order valence-corrected chi connectivity index (χ3v) is 3.51. The van der Waals surface area contributed by atoms with Crippen molar-refractivity contribution in [3.05, 3.63) is 35.9 Å². The van der Waals surface area contributed by atoms with Crippen molar-refractivity contribution in [3.8, 4) is 0 Å². The van der Waals surface area contributed by atoms with Gasteiger partial charge in [-0.25, -0.2) is 0 Å². The van der Waals surface area contributed by atoms with E-state index in [0.717, 1.165) is 38.8 Å². The standard InChI is InChI=1S/C18H29N3O2/c1-21(2)15-9-14-19-17(22)12-7-4-8-13-20-18(23)16-10-5-3-6-11-16/h3,5-6,10-11H,4,7-9,12-15H2,1-2H3,(H,19,22)(H,20,23). The summed E-state index contributed by atoms with van der Waals surface area (Å²) in [5, 5.41) is 5.83. The summed E-state index contributed by atoms with van der Waals surface area (Å²) < 4.78 is 0. The number of amides is 2. The van der Waals surface area contributed by atoms with Crippen LogP contribution in [0.1, 0.15) is 42.5 Å². The molecule has 23 heavy (non-hydrogen) atoms. The Labute approximate surface area is 139 Å². The second-order valence-electron chi connectivity index (χ2n) is 5.94. The highest BCUT2D eigenvalue weighted by Gasteiger charge is 2.03. The number of carbonyl (C=O) groups excluding carboxylic acids is 2. The molecule has 1 aromatic carbocycles. The number of hydrogen-bond acceptors (Lipinski definition) is 3. The Morgan fingerprint density at radius 1 is 0.913 bits per heavy atom. The van der Waals surface area contributed by atoms with Gasteiger partial charge in [-0.15, -0.1) is 0 Å². The smallest absolute Gasteiger partial charge is 0.251 e. The van der Waals surface area contributed by atoms with Crippen LogP contribution in [-0.4, -0.2) is 50.4 Å². The van der Waals surface area contributed by atoms with Gasteiger partial charge in [0.2, 0.25) is 5.91 Å². The van der Waals surface area contributed by atoms with Crippen molar-refractivity contribution in [2.45, 2.75) is 32.1 Å². The van der Waals surface area contributed by atoms with E-state index in [1.54, 1.807) is 12.1 Å². The van der Waals surface area contributed by atoms with Gasteiger partial charge in [0.1, 0.15) is 0 Å². The minimum atomic E-state index is -0.0377. The molecule has 0 aliphatic carbocycles. The van der Waals surface area contributed by atoms with Crippen LogP contribution in [-0.2, 0) is 4.79 Å². The normalized spacial score (nSPS) is 10.6. The van der Waals surface area contributed by atoms with Gasteiger partial charge in [0.05, 0.1) is 0 Å². The van der Waals surface area contributed by atoms with E-state index in [-0.39, 0.29) is 11.8 Å². The van der Waals surface area contributed by atoms with Gasteiger partial charge in [-0.1, -0.05) is 24.6 Å². The molecule has 0 aromatic heterocycles. The topological polar surface area (TPSA) is 61.4 Å². The zero-order valence-electron chi connectivity index (χ0n) is 14.3. The maximum Gasteiger partial charge on any atom is 0.251 e. The highest BCUT2D eigenvalue weighted by Crippen LogP contribution is 2.01. The summed E-state index contributed by atoms with van der Waals surface area (Å²) in [7, 11) is 4.05. The highest BCUT2D eigenvalue weighted by atomic mass is 16.2. The van der Waals surface area contributed by atoms with Gasteiger partial charge in [0, 0.05) is 25.1 Å². The minimum Gasteiger partial charge on any atom is -0.356 e. The average molecular weight is 319 g/mol. The minimum absolute atomic E-state index is 0.0377. The lowest BCUT2D eigenvalue weighted by molar-refractivity contribution is -0.121. The van der Waals surface area contributed by atoms with E-state index in [4.69, 9.17) is 0 Å². The van der Waals surface area contributed by atoms with Crippen LogP contribution >= 0.6 is 0 Å². The SMILES string of the molecule is CN(C)CCCNC(=O)CCCCCNC(=O)c1ccccc1. The molecular weight excluding hydrogens is 290 g/mol. The Balaban J connectivity index is 1.97. The van der Waals surface area contributed by atoms with Gasteiger partial charge in [0.15, 0.2) is 0 Å². The van der Waals surface area contributed by atoms with Gasteiger partial charge in [-0.2, -0.15) is 0 Å². The molecule has 2 N–H and O–H groups in total. The summed E-state index contributed by atoms with van der Waals surface area (Å²) in [6, 6.07) is 9.20. The van der Waals surface area contributed by atoms with Crippen molar-refractivity contribution in [3.63, 3.8) is 0 Å². The molecule has 0 saturated heterocycles. The molecular formula is C18H29N3O2. The molecule has 0 bridgehead atoms. The first-order valence-electron chi connectivity index (χ1n) is 8.34. The van der Waals surface area contributed by atoms with Crippen LogP contribution in [0.15, 0.2) is 30.3 Å². The van der Waals surface area contributed by atoms with Gasteiger partial charge >= 0.3 is 0 Å². The third kappa shape index (κ3) is 9.68. The lowest BCUT2D eigenvalue weighted by Gasteiger charge is -2.10. The van der Waals surface area contributed by atoms with Crippen LogP contribution in [0.4, 0.5) is 0 Å². The fraction of sp³-hybridized carbons (Fsp3) is 0.556. The molecule has 2 amide bonds. The predicted molar refractivity (Wildman–Crippen MR) is 93.4 cm³/mol. The van der Waals surface area contributed by atoms with Gasteiger partial charge in [0.25, 0.3) is 5.91 Å². The predicted octanol–water partition coefficient (Wildman–Crippen LogP) is 2.04. The number of nitrogens with zero attached hydrogens (tertiary/aromatic N) is 1. The molecule has 0 radical (unpaired) electrons. The molecule has 5 heteroatoms. The molecule has 0 atom stereocenters. The largest absolute Gasteiger partial charge is 0.356 e. The van der Waals surface area contributed by atoms with Crippen molar-refractivity contribution in [2.75, 3.05) is 33.7 Å². The zero-order valence-corrected chi connectivity index (χ0v) is 14.3. The molecule has 5 nitrogen and oxygen atoms in total. The summed E-state index contributed by atoms with van der Waals surface area (Å²) in [5.74, 6) is 0.0845. The first kappa shape index (κ1) is 19.2. The Morgan fingerprint density at radius 2 is 1.61 bits per heavy atom. The number of hydrogen-bond donors (Lipinski definition) is 2. The molecule has 0 unspecified atom stereocenters. The first-order chi connectivity index (χ1) is 11.1. The maximum atomic E-state index is 11.8. The second kappa shape index (κ2) is 11.7.